The third-order valence-corrected chi connectivity index (χ3v) is 4.38. The molecule has 4 N–H and O–H groups in total. The number of nitrogens with one attached hydrogen (secondary N) is 2. The smallest absolute Gasteiger partial charge is 0.497 e. The first-order valence-electron chi connectivity index (χ1n) is 8.07. The molecule has 8 heteroatoms. The first-order chi connectivity index (χ1) is 12.5. The molecule has 2 aromatic rings. The van der Waals surface area contributed by atoms with Crippen molar-refractivity contribution in [2.75, 3.05) is 19.5 Å². The molecule has 0 bridgehead atoms. The predicted molar refractivity (Wildman–Crippen MR) is 98.4 cm³/mol. The molecular weight excluding hydrogens is 338 g/mol. The summed E-state index contributed by atoms with van der Waals surface area (Å²) in [6.45, 7) is 0.271. The summed E-state index contributed by atoms with van der Waals surface area (Å²) in [5.41, 5.74) is 0.266. The van der Waals surface area contributed by atoms with Gasteiger partial charge < -0.3 is 24.8 Å². The average molecular weight is 358 g/mol. The molecule has 0 aromatic heterocycles. The molecule has 0 radical (unpaired) electrons. The Kier molecular flexibility index (Phi) is 5.17. The van der Waals surface area contributed by atoms with Crippen molar-refractivity contribution < 1.29 is 23.9 Å². The zero-order chi connectivity index (χ0) is 18.7. The lowest BCUT2D eigenvalue weighted by atomic mass is 9.70. The number of benzene rings is 2. The summed E-state index contributed by atoms with van der Waals surface area (Å²) in [7, 11) is 1.35. The summed E-state index contributed by atoms with van der Waals surface area (Å²) >= 11 is 0. The maximum Gasteiger partial charge on any atom is 0.499 e. The molecule has 3 rings (SSSR count). The second-order valence-corrected chi connectivity index (χ2v) is 5.93. The number of hydrogen-bond acceptors (Lipinski definition) is 6. The number of halogens is 1. The van der Waals surface area contributed by atoms with Gasteiger partial charge in [0.2, 0.25) is 0 Å². The van der Waals surface area contributed by atoms with Crippen LogP contribution in [0, 0.1) is 5.82 Å². The van der Waals surface area contributed by atoms with Crippen LogP contribution >= 0.6 is 0 Å². The molecule has 1 atom stereocenters. The van der Waals surface area contributed by atoms with E-state index in [4.69, 9.17) is 9.47 Å². The summed E-state index contributed by atoms with van der Waals surface area (Å²) in [5, 5.41) is 25.9. The zero-order valence-corrected chi connectivity index (χ0v) is 14.5. The van der Waals surface area contributed by atoms with Crippen LogP contribution in [0.5, 0.6) is 11.5 Å². The molecule has 2 aromatic carbocycles. The van der Waals surface area contributed by atoms with Crippen molar-refractivity contribution >= 4 is 18.9 Å². The van der Waals surface area contributed by atoms with Gasteiger partial charge in [0, 0.05) is 29.4 Å². The summed E-state index contributed by atoms with van der Waals surface area (Å²) in [4.78, 5) is 0. The maximum atomic E-state index is 13.9. The Morgan fingerprint density at radius 1 is 1.19 bits per heavy atom. The van der Waals surface area contributed by atoms with E-state index in [1.54, 1.807) is 38.5 Å². The number of methoxy groups -OCH3 is 2. The maximum absolute atomic E-state index is 13.9. The Hall–Kier alpha value is -2.55. The van der Waals surface area contributed by atoms with Gasteiger partial charge in [0.25, 0.3) is 0 Å². The van der Waals surface area contributed by atoms with Crippen LogP contribution in [-0.2, 0) is 6.54 Å². The number of ether oxygens (including phenoxy) is 2. The first kappa shape index (κ1) is 18.3. The standard InChI is InChI=1S/C18H20BFN2O4/c1-25-13-7-6-12(17(10-13)26-2)11-21-18(19(23)24)9-8-14-15(20)4-3-5-16(14)22-18/h3-10,21-24H,11H2,1-2H3. The van der Waals surface area contributed by atoms with E-state index in [-0.39, 0.29) is 12.4 Å². The quantitative estimate of drug-likeness (QED) is 0.590. The third-order valence-electron chi connectivity index (χ3n) is 4.38. The van der Waals surface area contributed by atoms with Gasteiger partial charge in [0.15, 0.2) is 0 Å². The number of hydrogen-bond donors (Lipinski definition) is 4. The van der Waals surface area contributed by atoms with Gasteiger partial charge in [-0.25, -0.2) is 4.39 Å². The molecule has 1 unspecified atom stereocenters. The zero-order valence-electron chi connectivity index (χ0n) is 14.5. The van der Waals surface area contributed by atoms with Gasteiger partial charge in [-0.1, -0.05) is 18.2 Å². The Morgan fingerprint density at radius 2 is 2.00 bits per heavy atom. The molecule has 0 spiro atoms. The second-order valence-electron chi connectivity index (χ2n) is 5.93. The second kappa shape index (κ2) is 7.37. The average Bonchev–Trinajstić information content (AvgIpc) is 2.66. The van der Waals surface area contributed by atoms with E-state index >= 15 is 0 Å². The fourth-order valence-corrected chi connectivity index (χ4v) is 2.88. The molecule has 1 heterocycles. The highest BCUT2D eigenvalue weighted by Gasteiger charge is 2.42. The fourth-order valence-electron chi connectivity index (χ4n) is 2.88. The van der Waals surface area contributed by atoms with Gasteiger partial charge in [0.1, 0.15) is 22.9 Å². The van der Waals surface area contributed by atoms with Crippen LogP contribution < -0.4 is 20.1 Å². The van der Waals surface area contributed by atoms with Crippen molar-refractivity contribution in [1.82, 2.24) is 5.32 Å². The minimum Gasteiger partial charge on any atom is -0.497 e. The van der Waals surface area contributed by atoms with E-state index in [9.17, 15) is 14.4 Å². The fraction of sp³-hybridized carbons (Fsp3) is 0.222. The Labute approximate surface area is 151 Å². The van der Waals surface area contributed by atoms with Gasteiger partial charge in [-0.15, -0.1) is 0 Å². The van der Waals surface area contributed by atoms with E-state index in [2.05, 4.69) is 10.6 Å². The van der Waals surface area contributed by atoms with Crippen LogP contribution in [0.25, 0.3) is 6.08 Å². The van der Waals surface area contributed by atoms with Gasteiger partial charge in [-0.2, -0.15) is 0 Å². The van der Waals surface area contributed by atoms with Crippen LogP contribution in [0.3, 0.4) is 0 Å². The molecule has 0 aliphatic carbocycles. The molecule has 1 aliphatic heterocycles. The minimum absolute atomic E-state index is 0.271. The van der Waals surface area contributed by atoms with Crippen molar-refractivity contribution in [2.24, 2.45) is 0 Å². The number of fused-ring (bicyclic) bond motifs is 1. The first-order valence-corrected chi connectivity index (χ1v) is 8.07. The van der Waals surface area contributed by atoms with E-state index in [1.165, 1.54) is 18.2 Å². The predicted octanol–water partition coefficient (Wildman–Crippen LogP) is 1.78. The molecular formula is C18H20BFN2O4. The van der Waals surface area contributed by atoms with Crippen LogP contribution in [0.1, 0.15) is 11.1 Å². The monoisotopic (exact) mass is 358 g/mol. The lowest BCUT2D eigenvalue weighted by Crippen LogP contribution is -2.62. The molecule has 26 heavy (non-hydrogen) atoms. The topological polar surface area (TPSA) is 83.0 Å². The van der Waals surface area contributed by atoms with E-state index in [0.29, 0.717) is 22.7 Å². The van der Waals surface area contributed by atoms with Gasteiger partial charge in [-0.3, -0.25) is 5.32 Å². The summed E-state index contributed by atoms with van der Waals surface area (Å²) in [6.07, 6.45) is 3.03. The summed E-state index contributed by atoms with van der Waals surface area (Å²) in [5.74, 6) is 0.873. The molecule has 0 saturated heterocycles. The van der Waals surface area contributed by atoms with E-state index in [1.807, 2.05) is 6.07 Å². The van der Waals surface area contributed by atoms with Crippen molar-refractivity contribution in [3.8, 4) is 11.5 Å². The van der Waals surface area contributed by atoms with E-state index in [0.717, 1.165) is 5.56 Å². The number of anilines is 1. The van der Waals surface area contributed by atoms with Crippen molar-refractivity contribution in [3.63, 3.8) is 0 Å². The molecule has 6 nitrogen and oxygen atoms in total. The Bertz CT molecular complexity index is 831. The highest BCUT2D eigenvalue weighted by molar-refractivity contribution is 6.47. The van der Waals surface area contributed by atoms with Crippen molar-refractivity contribution in [1.29, 1.82) is 0 Å². The molecule has 0 amide bonds. The van der Waals surface area contributed by atoms with Crippen LogP contribution in [0.4, 0.5) is 10.1 Å². The third kappa shape index (κ3) is 3.39. The van der Waals surface area contributed by atoms with Gasteiger partial charge >= 0.3 is 7.12 Å². The highest BCUT2D eigenvalue weighted by Crippen LogP contribution is 2.31. The summed E-state index contributed by atoms with van der Waals surface area (Å²) in [6, 6.07) is 9.94. The van der Waals surface area contributed by atoms with Crippen LogP contribution in [0.15, 0.2) is 42.5 Å². The van der Waals surface area contributed by atoms with Crippen LogP contribution in [0.2, 0.25) is 0 Å². The lowest BCUT2D eigenvalue weighted by Gasteiger charge is -2.36. The largest absolute Gasteiger partial charge is 0.499 e. The molecule has 1 aliphatic rings. The normalized spacial score (nSPS) is 18.0. The van der Waals surface area contributed by atoms with Gasteiger partial charge in [0.05, 0.1) is 14.2 Å². The highest BCUT2D eigenvalue weighted by atomic mass is 19.1. The van der Waals surface area contributed by atoms with Crippen molar-refractivity contribution in [2.45, 2.75) is 12.1 Å². The number of rotatable bonds is 6. The van der Waals surface area contributed by atoms with Gasteiger partial charge in [-0.05, 0) is 24.3 Å². The molecule has 136 valence electrons. The van der Waals surface area contributed by atoms with Crippen molar-refractivity contribution in [3.05, 3.63) is 59.4 Å². The molecule has 0 saturated carbocycles. The SMILES string of the molecule is COc1ccc(CNC2(B(O)O)C=Cc3c(F)cccc3N2)c(OC)c1. The Balaban J connectivity index is 1.85. The minimum atomic E-state index is -1.76. The summed E-state index contributed by atoms with van der Waals surface area (Å²) < 4.78 is 24.4. The lowest BCUT2D eigenvalue weighted by molar-refractivity contribution is 0.345. The Morgan fingerprint density at radius 3 is 2.69 bits per heavy atom. The van der Waals surface area contributed by atoms with Crippen LogP contribution in [-0.4, -0.2) is 36.9 Å². The van der Waals surface area contributed by atoms with E-state index < -0.39 is 12.7 Å². The molecule has 0 fully saturated rings.